The first-order chi connectivity index (χ1) is 19.0. The monoisotopic (exact) mass is 535 g/mol. The van der Waals surface area contributed by atoms with Crippen molar-refractivity contribution in [1.29, 1.82) is 0 Å². The molecule has 1 amide bonds. The lowest BCUT2D eigenvalue weighted by Gasteiger charge is -2.11. The Kier molecular flexibility index (Phi) is 7.99. The summed E-state index contributed by atoms with van der Waals surface area (Å²) in [6, 6.07) is 30.6. The van der Waals surface area contributed by atoms with Crippen LogP contribution in [-0.2, 0) is 6.61 Å². The van der Waals surface area contributed by atoms with Crippen LogP contribution in [0.2, 0.25) is 0 Å². The SMILES string of the molecule is CC[C@H](C)c1ccc2oc(-c3cccc(NC(=S)NC(=O)c4cccc(OCc5ccccc5)c4)c3)nc2c1. The van der Waals surface area contributed by atoms with Crippen LogP contribution >= 0.6 is 12.2 Å². The molecule has 5 rings (SSSR count). The van der Waals surface area contributed by atoms with Crippen LogP contribution in [0.4, 0.5) is 5.69 Å². The Morgan fingerprint density at radius 2 is 1.79 bits per heavy atom. The number of nitrogens with zero attached hydrogens (tertiary/aromatic N) is 1. The first kappa shape index (κ1) is 26.1. The molecule has 0 fully saturated rings. The fourth-order valence-electron chi connectivity index (χ4n) is 4.15. The molecule has 0 saturated carbocycles. The first-order valence-electron chi connectivity index (χ1n) is 12.9. The van der Waals surface area contributed by atoms with Crippen molar-refractivity contribution in [3.05, 3.63) is 114 Å². The van der Waals surface area contributed by atoms with Crippen molar-refractivity contribution >= 4 is 40.0 Å². The van der Waals surface area contributed by atoms with Crippen molar-refractivity contribution in [2.75, 3.05) is 5.32 Å². The summed E-state index contributed by atoms with van der Waals surface area (Å²) in [5.74, 6) is 1.26. The topological polar surface area (TPSA) is 76.4 Å². The van der Waals surface area contributed by atoms with Gasteiger partial charge < -0.3 is 14.5 Å². The minimum absolute atomic E-state index is 0.184. The summed E-state index contributed by atoms with van der Waals surface area (Å²) in [4.78, 5) is 17.5. The van der Waals surface area contributed by atoms with Gasteiger partial charge in [0.25, 0.3) is 5.91 Å². The highest BCUT2D eigenvalue weighted by Gasteiger charge is 2.13. The van der Waals surface area contributed by atoms with Crippen LogP contribution in [0.15, 0.2) is 101 Å². The van der Waals surface area contributed by atoms with Gasteiger partial charge in [-0.3, -0.25) is 10.1 Å². The number of oxazole rings is 1. The van der Waals surface area contributed by atoms with Gasteiger partial charge >= 0.3 is 0 Å². The number of rotatable bonds is 8. The molecule has 2 N–H and O–H groups in total. The molecular weight excluding hydrogens is 506 g/mol. The molecule has 0 spiro atoms. The quantitative estimate of drug-likeness (QED) is 0.198. The van der Waals surface area contributed by atoms with E-state index in [0.29, 0.717) is 35.4 Å². The number of fused-ring (bicyclic) bond motifs is 1. The minimum Gasteiger partial charge on any atom is -0.489 e. The first-order valence-corrected chi connectivity index (χ1v) is 13.3. The second kappa shape index (κ2) is 11.9. The van der Waals surface area contributed by atoms with Crippen molar-refractivity contribution in [2.45, 2.75) is 32.8 Å². The van der Waals surface area contributed by atoms with E-state index in [1.807, 2.05) is 66.7 Å². The standard InChI is InChI=1S/C32H29N3O3S/c1-3-21(2)23-15-16-29-28(19-23)34-31(38-29)25-12-7-13-26(17-25)33-32(39)35-30(36)24-11-8-14-27(18-24)37-20-22-9-5-4-6-10-22/h4-19,21H,3,20H2,1-2H3,(H2,33,35,36,39)/t21-/m0/s1. The maximum atomic E-state index is 12.8. The lowest BCUT2D eigenvalue weighted by molar-refractivity contribution is 0.0977. The largest absolute Gasteiger partial charge is 0.489 e. The summed E-state index contributed by atoms with van der Waals surface area (Å²) >= 11 is 5.41. The molecule has 6 nitrogen and oxygen atoms in total. The van der Waals surface area contributed by atoms with Crippen molar-refractivity contribution < 1.29 is 13.9 Å². The smallest absolute Gasteiger partial charge is 0.257 e. The summed E-state index contributed by atoms with van der Waals surface area (Å²) in [6.07, 6.45) is 1.06. The number of ether oxygens (including phenoxy) is 1. The summed E-state index contributed by atoms with van der Waals surface area (Å²) in [7, 11) is 0. The van der Waals surface area contributed by atoms with E-state index in [1.54, 1.807) is 18.2 Å². The minimum atomic E-state index is -0.329. The number of benzene rings is 4. The molecule has 5 aromatic rings. The number of carbonyl (C=O) groups is 1. The number of carbonyl (C=O) groups excluding carboxylic acids is 1. The third-order valence-corrected chi connectivity index (χ3v) is 6.74. The molecule has 1 heterocycles. The van der Waals surface area contributed by atoms with Gasteiger partial charge in [-0.1, -0.05) is 62.4 Å². The average molecular weight is 536 g/mol. The number of aromatic nitrogens is 1. The third-order valence-electron chi connectivity index (χ3n) is 6.53. The van der Waals surface area contributed by atoms with E-state index in [0.717, 1.165) is 28.6 Å². The van der Waals surface area contributed by atoms with Gasteiger partial charge in [-0.2, -0.15) is 0 Å². The molecule has 0 saturated heterocycles. The second-order valence-corrected chi connectivity index (χ2v) is 9.75. The number of thiocarbonyl (C=S) groups is 1. The zero-order valence-electron chi connectivity index (χ0n) is 21.8. The second-order valence-electron chi connectivity index (χ2n) is 9.35. The Labute approximate surface area is 233 Å². The molecular formula is C32H29N3O3S. The van der Waals surface area contributed by atoms with Gasteiger partial charge in [0, 0.05) is 16.8 Å². The Morgan fingerprint density at radius 3 is 2.62 bits per heavy atom. The molecule has 0 aliphatic heterocycles. The van der Waals surface area contributed by atoms with Gasteiger partial charge in [-0.05, 0) is 84.2 Å². The molecule has 7 heteroatoms. The zero-order chi connectivity index (χ0) is 27.2. The lowest BCUT2D eigenvalue weighted by Crippen LogP contribution is -2.34. The third kappa shape index (κ3) is 6.51. The predicted molar refractivity (Wildman–Crippen MR) is 159 cm³/mol. The normalized spacial score (nSPS) is 11.6. The van der Waals surface area contributed by atoms with Crippen molar-refractivity contribution in [2.24, 2.45) is 0 Å². The zero-order valence-corrected chi connectivity index (χ0v) is 22.6. The molecule has 0 unspecified atom stereocenters. The van der Waals surface area contributed by atoms with Crippen LogP contribution in [0.3, 0.4) is 0 Å². The maximum Gasteiger partial charge on any atom is 0.257 e. The average Bonchev–Trinajstić information content (AvgIpc) is 3.40. The van der Waals surface area contributed by atoms with Crippen LogP contribution in [0, 0.1) is 0 Å². The molecule has 0 radical (unpaired) electrons. The van der Waals surface area contributed by atoms with Crippen LogP contribution in [0.5, 0.6) is 5.75 Å². The number of nitrogens with one attached hydrogen (secondary N) is 2. The summed E-state index contributed by atoms with van der Waals surface area (Å²) in [5.41, 5.74) is 5.83. The van der Waals surface area contributed by atoms with E-state index in [1.165, 1.54) is 5.56 Å². The van der Waals surface area contributed by atoms with E-state index >= 15 is 0 Å². The molecule has 0 bridgehead atoms. The Balaban J connectivity index is 1.22. The molecule has 0 aliphatic carbocycles. The summed E-state index contributed by atoms with van der Waals surface area (Å²) in [6.45, 7) is 4.80. The van der Waals surface area contributed by atoms with Crippen LogP contribution in [0.1, 0.15) is 47.7 Å². The van der Waals surface area contributed by atoms with Gasteiger partial charge in [0.1, 0.15) is 17.9 Å². The highest BCUT2D eigenvalue weighted by Crippen LogP contribution is 2.29. The van der Waals surface area contributed by atoms with E-state index in [9.17, 15) is 4.79 Å². The van der Waals surface area contributed by atoms with Crippen LogP contribution in [-0.4, -0.2) is 16.0 Å². The van der Waals surface area contributed by atoms with E-state index in [-0.39, 0.29) is 11.0 Å². The highest BCUT2D eigenvalue weighted by molar-refractivity contribution is 7.80. The molecule has 39 heavy (non-hydrogen) atoms. The van der Waals surface area contributed by atoms with Gasteiger partial charge in [-0.25, -0.2) is 4.98 Å². The molecule has 1 atom stereocenters. The molecule has 196 valence electrons. The fraction of sp³-hybridized carbons (Fsp3) is 0.156. The Morgan fingerprint density at radius 1 is 0.974 bits per heavy atom. The van der Waals surface area contributed by atoms with Crippen LogP contribution in [0.25, 0.3) is 22.6 Å². The Bertz CT molecular complexity index is 1610. The molecule has 0 aliphatic rings. The highest BCUT2D eigenvalue weighted by atomic mass is 32.1. The fourth-order valence-corrected chi connectivity index (χ4v) is 4.36. The number of hydrogen-bond acceptors (Lipinski definition) is 5. The van der Waals surface area contributed by atoms with Gasteiger partial charge in [-0.15, -0.1) is 0 Å². The van der Waals surface area contributed by atoms with Crippen LogP contribution < -0.4 is 15.4 Å². The molecule has 4 aromatic carbocycles. The number of hydrogen-bond donors (Lipinski definition) is 2. The van der Waals surface area contributed by atoms with Crippen molar-refractivity contribution in [3.8, 4) is 17.2 Å². The van der Waals surface area contributed by atoms with E-state index < -0.39 is 0 Å². The van der Waals surface area contributed by atoms with Crippen molar-refractivity contribution in [3.63, 3.8) is 0 Å². The Hall–Kier alpha value is -4.49. The maximum absolute atomic E-state index is 12.8. The molecule has 1 aromatic heterocycles. The van der Waals surface area contributed by atoms with Gasteiger partial charge in [0.05, 0.1) is 0 Å². The number of anilines is 1. The number of amides is 1. The summed E-state index contributed by atoms with van der Waals surface area (Å²) in [5, 5.41) is 6.00. The van der Waals surface area contributed by atoms with E-state index in [4.69, 9.17) is 26.4 Å². The predicted octanol–water partition coefficient (Wildman–Crippen LogP) is 7.71. The lowest BCUT2D eigenvalue weighted by atomic mass is 9.98. The van der Waals surface area contributed by atoms with Gasteiger partial charge in [0.2, 0.25) is 5.89 Å². The van der Waals surface area contributed by atoms with Crippen molar-refractivity contribution in [1.82, 2.24) is 10.3 Å². The van der Waals surface area contributed by atoms with Gasteiger partial charge in [0.15, 0.2) is 10.7 Å². The van der Waals surface area contributed by atoms with E-state index in [2.05, 4.69) is 36.6 Å². The summed E-state index contributed by atoms with van der Waals surface area (Å²) < 4.78 is 11.9.